The summed E-state index contributed by atoms with van der Waals surface area (Å²) in [5.41, 5.74) is 9.89. The molecule has 2 aromatic heterocycles. The van der Waals surface area contributed by atoms with Crippen molar-refractivity contribution in [3.05, 3.63) is 56.4 Å². The highest BCUT2D eigenvalue weighted by Gasteiger charge is 2.37. The van der Waals surface area contributed by atoms with Gasteiger partial charge in [0.15, 0.2) is 5.82 Å². The van der Waals surface area contributed by atoms with Crippen molar-refractivity contribution in [3.63, 3.8) is 0 Å². The molecule has 0 saturated carbocycles. The van der Waals surface area contributed by atoms with Gasteiger partial charge >= 0.3 is 0 Å². The van der Waals surface area contributed by atoms with Crippen molar-refractivity contribution in [2.75, 3.05) is 37.8 Å². The van der Waals surface area contributed by atoms with Gasteiger partial charge < -0.3 is 20.3 Å². The number of halogens is 2. The monoisotopic (exact) mass is 594 g/mol. The summed E-state index contributed by atoms with van der Waals surface area (Å²) in [4.78, 5) is 13.9. The molecule has 1 aromatic carbocycles. The van der Waals surface area contributed by atoms with E-state index in [0.717, 1.165) is 42.0 Å². The molecule has 2 aliphatic heterocycles. The van der Waals surface area contributed by atoms with Crippen molar-refractivity contribution < 1.29 is 13.5 Å². The first-order valence-corrected chi connectivity index (χ1v) is 15.2. The van der Waals surface area contributed by atoms with Gasteiger partial charge in [0.05, 0.1) is 23.7 Å². The number of aromatic nitrogens is 2. The lowest BCUT2D eigenvalue weighted by Crippen LogP contribution is -2.43. The first-order valence-electron chi connectivity index (χ1n) is 14.4. The van der Waals surface area contributed by atoms with Gasteiger partial charge in [-0.2, -0.15) is 5.26 Å². The van der Waals surface area contributed by atoms with Gasteiger partial charge in [0.1, 0.15) is 22.4 Å². The summed E-state index contributed by atoms with van der Waals surface area (Å²) >= 11 is 1.00. The van der Waals surface area contributed by atoms with Gasteiger partial charge in [-0.3, -0.25) is 0 Å². The van der Waals surface area contributed by atoms with Gasteiger partial charge in [0.2, 0.25) is 5.95 Å². The fourth-order valence-corrected chi connectivity index (χ4v) is 6.62. The number of allylic oxidation sites excluding steroid dienone is 2. The van der Waals surface area contributed by atoms with E-state index in [-0.39, 0.29) is 39.7 Å². The molecular weight excluding hydrogens is 554 g/mol. The molecular formula is C32H40F2N6OS. The summed E-state index contributed by atoms with van der Waals surface area (Å²) < 4.78 is 38.0. The number of nitrogen functional groups attached to an aromatic ring is 1. The van der Waals surface area contributed by atoms with E-state index in [0.29, 0.717) is 40.0 Å². The maximum atomic E-state index is 16.9. The highest BCUT2D eigenvalue weighted by atomic mass is 32.1. The molecule has 0 bridgehead atoms. The molecule has 1 unspecified atom stereocenters. The van der Waals surface area contributed by atoms with E-state index in [1.165, 1.54) is 6.08 Å². The zero-order chi connectivity index (χ0) is 30.9. The Kier molecular flexibility index (Phi) is 9.36. The first-order chi connectivity index (χ1) is 20.1. The molecule has 4 heterocycles. The average Bonchev–Trinajstić information content (AvgIpc) is 3.73. The van der Waals surface area contributed by atoms with Crippen molar-refractivity contribution in [2.24, 2.45) is 0 Å². The van der Waals surface area contributed by atoms with Crippen LogP contribution in [0.2, 0.25) is 0 Å². The predicted molar refractivity (Wildman–Crippen MR) is 168 cm³/mol. The lowest BCUT2D eigenvalue weighted by atomic mass is 9.85. The molecule has 0 radical (unpaired) electrons. The Hall–Kier alpha value is -3.39. The van der Waals surface area contributed by atoms with Crippen molar-refractivity contribution in [1.82, 2.24) is 14.9 Å². The topological polar surface area (TPSA) is 91.3 Å². The highest BCUT2D eigenvalue weighted by molar-refractivity contribution is 7.17. The Labute approximate surface area is 251 Å². The molecule has 7 nitrogen and oxygen atoms in total. The predicted octanol–water partition coefficient (Wildman–Crippen LogP) is 7.43. The third-order valence-electron chi connectivity index (χ3n) is 8.48. The molecule has 42 heavy (non-hydrogen) atoms. The lowest BCUT2D eigenvalue weighted by molar-refractivity contribution is 0.134. The standard InChI is InChI=1S/C30H34F2N6OS.C2H6/c1-7-16(3)22(24-17(11-33)28(34)40-27(24)21(31)8-2)23-20-14-39-13-19(20)18-12-35-29(36-26(18)25(23)32)38-10-9-30(4,15-38)37(5)6;1-2/h8,12H,7,9-10,13-15,34H2,1-6H3;1-2H3/b21-8+,22-16+;. The molecule has 0 spiro atoms. The van der Waals surface area contributed by atoms with Gasteiger partial charge in [0.25, 0.3) is 0 Å². The van der Waals surface area contributed by atoms with Crippen LogP contribution in [-0.2, 0) is 18.0 Å². The number of ether oxygens (including phenoxy) is 1. The van der Waals surface area contributed by atoms with Gasteiger partial charge in [0, 0.05) is 41.3 Å². The van der Waals surface area contributed by atoms with E-state index in [4.69, 9.17) is 15.5 Å². The second-order valence-corrected chi connectivity index (χ2v) is 12.0. The summed E-state index contributed by atoms with van der Waals surface area (Å²) in [5.74, 6) is -0.565. The normalized spacial score (nSPS) is 19.1. The van der Waals surface area contributed by atoms with Crippen LogP contribution in [0.3, 0.4) is 0 Å². The Balaban J connectivity index is 0.00000198. The van der Waals surface area contributed by atoms with E-state index < -0.39 is 11.6 Å². The maximum Gasteiger partial charge on any atom is 0.226 e. The molecule has 5 rings (SSSR count). The van der Waals surface area contributed by atoms with E-state index in [9.17, 15) is 5.26 Å². The quantitative estimate of drug-likeness (QED) is 0.317. The third kappa shape index (κ3) is 5.19. The Morgan fingerprint density at radius 1 is 1.29 bits per heavy atom. The van der Waals surface area contributed by atoms with E-state index >= 15 is 8.78 Å². The van der Waals surface area contributed by atoms with Crippen LogP contribution in [0, 0.1) is 17.1 Å². The molecule has 1 fully saturated rings. The minimum Gasteiger partial charge on any atom is -0.389 e. The Morgan fingerprint density at radius 2 is 1.98 bits per heavy atom. The molecule has 1 saturated heterocycles. The number of nitrogens with two attached hydrogens (primary N) is 1. The third-order valence-corrected chi connectivity index (χ3v) is 9.50. The summed E-state index contributed by atoms with van der Waals surface area (Å²) in [5, 5.41) is 10.9. The van der Waals surface area contributed by atoms with E-state index in [1.54, 1.807) is 13.1 Å². The fourth-order valence-electron chi connectivity index (χ4n) is 5.62. The van der Waals surface area contributed by atoms with Crippen molar-refractivity contribution in [2.45, 2.75) is 73.1 Å². The number of nitriles is 1. The smallest absolute Gasteiger partial charge is 0.226 e. The zero-order valence-electron chi connectivity index (χ0n) is 25.8. The van der Waals surface area contributed by atoms with Crippen molar-refractivity contribution in [3.8, 4) is 6.07 Å². The Morgan fingerprint density at radius 3 is 2.57 bits per heavy atom. The minimum atomic E-state index is -0.527. The zero-order valence-corrected chi connectivity index (χ0v) is 26.6. The van der Waals surface area contributed by atoms with Crippen LogP contribution in [0.4, 0.5) is 19.7 Å². The van der Waals surface area contributed by atoms with Crippen molar-refractivity contribution in [1.29, 1.82) is 5.26 Å². The van der Waals surface area contributed by atoms with Gasteiger partial charge in [-0.25, -0.2) is 18.7 Å². The van der Waals surface area contributed by atoms with Crippen LogP contribution in [0.1, 0.15) is 87.1 Å². The fraction of sp³-hybridized carbons (Fsp3) is 0.469. The largest absolute Gasteiger partial charge is 0.389 e. The summed E-state index contributed by atoms with van der Waals surface area (Å²) in [6.45, 7) is 13.6. The molecule has 2 aliphatic rings. The number of likely N-dealkylation sites (N-methyl/N-ethyl adjacent to an activating group) is 1. The summed E-state index contributed by atoms with van der Waals surface area (Å²) in [7, 11) is 4.11. The maximum absolute atomic E-state index is 16.9. The number of rotatable bonds is 6. The molecule has 2 N–H and O–H groups in total. The molecule has 10 heteroatoms. The summed E-state index contributed by atoms with van der Waals surface area (Å²) in [6.07, 6.45) is 4.52. The number of hydrogen-bond donors (Lipinski definition) is 1. The molecule has 0 amide bonds. The lowest BCUT2D eigenvalue weighted by Gasteiger charge is -2.32. The minimum absolute atomic E-state index is 0.0399. The van der Waals surface area contributed by atoms with E-state index in [1.807, 2.05) is 27.7 Å². The van der Waals surface area contributed by atoms with Crippen LogP contribution >= 0.6 is 11.3 Å². The molecule has 224 valence electrons. The van der Waals surface area contributed by atoms with Crippen molar-refractivity contribution >= 4 is 44.6 Å². The molecule has 3 aromatic rings. The molecule has 0 aliphatic carbocycles. The first kappa shape index (κ1) is 31.5. The molecule has 1 atom stereocenters. The van der Waals surface area contributed by atoms with Crippen LogP contribution in [0.15, 0.2) is 17.8 Å². The number of anilines is 2. The highest BCUT2D eigenvalue weighted by Crippen LogP contribution is 2.47. The number of fused-ring (bicyclic) bond motifs is 3. The second kappa shape index (κ2) is 12.5. The summed E-state index contributed by atoms with van der Waals surface area (Å²) in [6, 6.07) is 2.15. The van der Waals surface area contributed by atoms with Crippen LogP contribution in [0.25, 0.3) is 22.3 Å². The second-order valence-electron chi connectivity index (χ2n) is 10.9. The van der Waals surface area contributed by atoms with Crippen LogP contribution in [-0.4, -0.2) is 47.6 Å². The SMILES string of the molecule is C/C=C(/F)c1sc(N)c(C#N)c1/C(=C(\C)CC)c1c2c(c3cnc(N4CCC(C)(N(C)C)C4)nc3c1F)COC2.CC. The van der Waals surface area contributed by atoms with E-state index in [2.05, 4.69) is 41.9 Å². The number of nitrogens with zero attached hydrogens (tertiary/aromatic N) is 5. The van der Waals surface area contributed by atoms with Gasteiger partial charge in [-0.05, 0) is 64.4 Å². The average molecular weight is 595 g/mol. The number of hydrogen-bond acceptors (Lipinski definition) is 8. The van der Waals surface area contributed by atoms with Gasteiger partial charge in [-0.15, -0.1) is 11.3 Å². The Bertz CT molecular complexity index is 1620. The van der Waals surface area contributed by atoms with Crippen LogP contribution in [0.5, 0.6) is 0 Å². The van der Waals surface area contributed by atoms with Crippen LogP contribution < -0.4 is 10.6 Å². The number of benzene rings is 1. The van der Waals surface area contributed by atoms with Gasteiger partial charge in [-0.1, -0.05) is 32.4 Å². The number of thiophene rings is 1.